The third-order valence-corrected chi connectivity index (χ3v) is 4.43. The number of anilines is 1. The quantitative estimate of drug-likeness (QED) is 0.770. The van der Waals surface area contributed by atoms with E-state index in [-0.39, 0.29) is 18.3 Å². The van der Waals surface area contributed by atoms with E-state index in [1.807, 2.05) is 6.92 Å². The average Bonchev–Trinajstić information content (AvgIpc) is 2.49. The maximum Gasteiger partial charge on any atom is 0.249 e. The van der Waals surface area contributed by atoms with Gasteiger partial charge in [0.25, 0.3) is 0 Å². The molecule has 128 valence electrons. The number of nitrogens with one attached hydrogen (secondary N) is 2. The molecular weight excluding hydrogens is 314 g/mol. The number of piperidine rings is 1. The summed E-state index contributed by atoms with van der Waals surface area (Å²) < 4.78 is 0. The van der Waals surface area contributed by atoms with Crippen LogP contribution in [0.15, 0.2) is 18.2 Å². The van der Waals surface area contributed by atoms with Crippen molar-refractivity contribution in [1.29, 1.82) is 0 Å². The Morgan fingerprint density at radius 1 is 1.43 bits per heavy atom. The SMILES string of the molecule is Cc1ccc(NC(=O)CC(C)C2CCCNC2)cc1C(N)=O.Cl. The predicted molar refractivity (Wildman–Crippen MR) is 94.9 cm³/mol. The Morgan fingerprint density at radius 3 is 2.78 bits per heavy atom. The first-order valence-corrected chi connectivity index (χ1v) is 7.88. The minimum atomic E-state index is -0.477. The van der Waals surface area contributed by atoms with Crippen LogP contribution in [0, 0.1) is 18.8 Å². The molecule has 1 heterocycles. The highest BCUT2D eigenvalue weighted by molar-refractivity contribution is 5.97. The van der Waals surface area contributed by atoms with Crippen molar-refractivity contribution in [3.05, 3.63) is 29.3 Å². The van der Waals surface area contributed by atoms with Crippen LogP contribution < -0.4 is 16.4 Å². The fourth-order valence-electron chi connectivity index (χ4n) is 3.00. The van der Waals surface area contributed by atoms with Gasteiger partial charge in [0.1, 0.15) is 0 Å². The molecule has 1 aromatic carbocycles. The number of benzene rings is 1. The molecule has 6 heteroatoms. The lowest BCUT2D eigenvalue weighted by Crippen LogP contribution is -2.34. The van der Waals surface area contributed by atoms with E-state index in [9.17, 15) is 9.59 Å². The van der Waals surface area contributed by atoms with E-state index in [2.05, 4.69) is 17.6 Å². The van der Waals surface area contributed by atoms with Crippen LogP contribution in [-0.4, -0.2) is 24.9 Å². The number of hydrogen-bond acceptors (Lipinski definition) is 3. The van der Waals surface area contributed by atoms with E-state index < -0.39 is 5.91 Å². The van der Waals surface area contributed by atoms with Crippen LogP contribution in [0.5, 0.6) is 0 Å². The lowest BCUT2D eigenvalue weighted by atomic mass is 9.85. The number of nitrogens with two attached hydrogens (primary N) is 1. The van der Waals surface area contributed by atoms with Gasteiger partial charge in [0.05, 0.1) is 0 Å². The summed E-state index contributed by atoms with van der Waals surface area (Å²) in [5.41, 5.74) is 7.22. The number of rotatable bonds is 5. The molecule has 1 aliphatic rings. The number of hydrogen-bond donors (Lipinski definition) is 3. The van der Waals surface area contributed by atoms with Crippen LogP contribution in [0.2, 0.25) is 0 Å². The normalized spacial score (nSPS) is 18.6. The molecule has 23 heavy (non-hydrogen) atoms. The molecule has 2 atom stereocenters. The van der Waals surface area contributed by atoms with Crippen molar-refractivity contribution in [2.24, 2.45) is 17.6 Å². The zero-order valence-corrected chi connectivity index (χ0v) is 14.5. The number of amides is 2. The minimum absolute atomic E-state index is 0. The molecule has 0 bridgehead atoms. The van der Waals surface area contributed by atoms with Gasteiger partial charge in [-0.1, -0.05) is 13.0 Å². The van der Waals surface area contributed by atoms with Gasteiger partial charge in [0, 0.05) is 17.7 Å². The van der Waals surface area contributed by atoms with Crippen molar-refractivity contribution in [2.45, 2.75) is 33.1 Å². The zero-order valence-electron chi connectivity index (χ0n) is 13.7. The topological polar surface area (TPSA) is 84.2 Å². The van der Waals surface area contributed by atoms with Crippen molar-refractivity contribution in [3.8, 4) is 0 Å². The molecule has 1 fully saturated rings. The zero-order chi connectivity index (χ0) is 16.1. The Labute approximate surface area is 143 Å². The van der Waals surface area contributed by atoms with Gasteiger partial charge in [-0.15, -0.1) is 12.4 Å². The summed E-state index contributed by atoms with van der Waals surface area (Å²) in [6, 6.07) is 5.24. The van der Waals surface area contributed by atoms with Crippen molar-refractivity contribution in [3.63, 3.8) is 0 Å². The van der Waals surface area contributed by atoms with Crippen molar-refractivity contribution in [1.82, 2.24) is 5.32 Å². The monoisotopic (exact) mass is 339 g/mol. The Hall–Kier alpha value is -1.59. The fourth-order valence-corrected chi connectivity index (χ4v) is 3.00. The maximum absolute atomic E-state index is 12.2. The molecule has 4 N–H and O–H groups in total. The molecule has 1 aliphatic heterocycles. The second kappa shape index (κ2) is 8.89. The standard InChI is InChI=1S/C17H25N3O2.ClH/c1-11-5-6-14(9-15(11)17(18)22)20-16(21)8-12(2)13-4-3-7-19-10-13;/h5-6,9,12-13,19H,3-4,7-8,10H2,1-2H3,(H2,18,22)(H,20,21);1H. The lowest BCUT2D eigenvalue weighted by molar-refractivity contribution is -0.117. The predicted octanol–water partition coefficient (Wildman–Crippen LogP) is 2.48. The van der Waals surface area contributed by atoms with Crippen LogP contribution in [0.1, 0.15) is 42.1 Å². The van der Waals surface area contributed by atoms with Gasteiger partial charge in [0.15, 0.2) is 0 Å². The van der Waals surface area contributed by atoms with Gasteiger partial charge < -0.3 is 16.4 Å². The van der Waals surface area contributed by atoms with Crippen LogP contribution in [0.4, 0.5) is 5.69 Å². The Morgan fingerprint density at radius 2 is 2.17 bits per heavy atom. The summed E-state index contributed by atoms with van der Waals surface area (Å²) in [6.07, 6.45) is 2.85. The van der Waals surface area contributed by atoms with Crippen molar-refractivity contribution >= 4 is 29.9 Å². The number of halogens is 1. The largest absolute Gasteiger partial charge is 0.366 e. The molecule has 1 saturated heterocycles. The molecule has 5 nitrogen and oxygen atoms in total. The first-order valence-electron chi connectivity index (χ1n) is 7.88. The van der Waals surface area contributed by atoms with Crippen molar-refractivity contribution in [2.75, 3.05) is 18.4 Å². The Balaban J connectivity index is 0.00000264. The highest BCUT2D eigenvalue weighted by Crippen LogP contribution is 2.23. The smallest absolute Gasteiger partial charge is 0.249 e. The molecule has 2 unspecified atom stereocenters. The summed E-state index contributed by atoms with van der Waals surface area (Å²) in [5, 5.41) is 6.25. The van der Waals surface area contributed by atoms with Crippen molar-refractivity contribution < 1.29 is 9.59 Å². The Kier molecular flexibility index (Phi) is 7.52. The number of primary amides is 1. The first-order chi connectivity index (χ1) is 10.5. The molecular formula is C17H26ClN3O2. The molecule has 0 aromatic heterocycles. The lowest BCUT2D eigenvalue weighted by Gasteiger charge is -2.28. The maximum atomic E-state index is 12.2. The van der Waals surface area contributed by atoms with Gasteiger partial charge in [-0.3, -0.25) is 9.59 Å². The highest BCUT2D eigenvalue weighted by atomic mass is 35.5. The molecule has 2 amide bonds. The fraction of sp³-hybridized carbons (Fsp3) is 0.529. The first kappa shape index (κ1) is 19.5. The highest BCUT2D eigenvalue weighted by Gasteiger charge is 2.22. The molecule has 2 rings (SSSR count). The molecule has 0 radical (unpaired) electrons. The molecule has 0 spiro atoms. The second-order valence-electron chi connectivity index (χ2n) is 6.23. The summed E-state index contributed by atoms with van der Waals surface area (Å²) in [5.74, 6) is 0.403. The average molecular weight is 340 g/mol. The summed E-state index contributed by atoms with van der Waals surface area (Å²) in [4.78, 5) is 23.5. The number of carbonyl (C=O) groups is 2. The van der Waals surface area contributed by atoms with E-state index in [1.54, 1.807) is 18.2 Å². The molecule has 0 saturated carbocycles. The number of aryl methyl sites for hydroxylation is 1. The molecule has 1 aromatic rings. The van der Waals surface area contributed by atoms with Crippen LogP contribution in [0.25, 0.3) is 0 Å². The van der Waals surface area contributed by atoms with Crippen LogP contribution >= 0.6 is 12.4 Å². The van der Waals surface area contributed by atoms with Crippen LogP contribution in [0.3, 0.4) is 0 Å². The summed E-state index contributed by atoms with van der Waals surface area (Å²) in [7, 11) is 0. The van der Waals surface area contributed by atoms with Gasteiger partial charge >= 0.3 is 0 Å². The van der Waals surface area contributed by atoms with E-state index in [1.165, 1.54) is 12.8 Å². The summed E-state index contributed by atoms with van der Waals surface area (Å²) >= 11 is 0. The summed E-state index contributed by atoms with van der Waals surface area (Å²) in [6.45, 7) is 6.02. The third kappa shape index (κ3) is 5.52. The van der Waals surface area contributed by atoms with Gasteiger partial charge in [0.2, 0.25) is 11.8 Å². The van der Waals surface area contributed by atoms with E-state index >= 15 is 0 Å². The van der Waals surface area contributed by atoms with E-state index in [0.29, 0.717) is 29.5 Å². The second-order valence-corrected chi connectivity index (χ2v) is 6.23. The minimum Gasteiger partial charge on any atom is -0.366 e. The third-order valence-electron chi connectivity index (χ3n) is 4.43. The number of carbonyl (C=O) groups excluding carboxylic acids is 2. The van der Waals surface area contributed by atoms with Gasteiger partial charge in [-0.25, -0.2) is 0 Å². The molecule has 0 aliphatic carbocycles. The van der Waals surface area contributed by atoms with Gasteiger partial charge in [-0.05, 0) is 62.4 Å². The van der Waals surface area contributed by atoms with Crippen LogP contribution in [-0.2, 0) is 4.79 Å². The Bertz CT molecular complexity index is 557. The van der Waals surface area contributed by atoms with E-state index in [0.717, 1.165) is 18.7 Å². The van der Waals surface area contributed by atoms with E-state index in [4.69, 9.17) is 5.73 Å². The van der Waals surface area contributed by atoms with Gasteiger partial charge in [-0.2, -0.15) is 0 Å².